The second kappa shape index (κ2) is 6.72. The summed E-state index contributed by atoms with van der Waals surface area (Å²) in [6.07, 6.45) is 1.05. The van der Waals surface area contributed by atoms with Gasteiger partial charge in [0.1, 0.15) is 0 Å². The third-order valence-electron chi connectivity index (χ3n) is 2.47. The van der Waals surface area contributed by atoms with Crippen LogP contribution in [-0.4, -0.2) is 53.3 Å². The van der Waals surface area contributed by atoms with Crippen molar-refractivity contribution in [2.75, 3.05) is 43.9 Å². The third kappa shape index (κ3) is 3.27. The molecule has 90 valence electrons. The molecule has 0 N–H and O–H groups in total. The minimum Gasteiger partial charge on any atom is -0.309 e. The molecule has 0 unspecified atom stereocenters. The van der Waals surface area contributed by atoms with Crippen molar-refractivity contribution >= 4 is 39.5 Å². The van der Waals surface area contributed by atoms with Crippen molar-refractivity contribution in [3.05, 3.63) is 0 Å². The molecule has 15 heavy (non-hydrogen) atoms. The van der Waals surface area contributed by atoms with Gasteiger partial charge >= 0.3 is 7.67 Å². The molecule has 0 aliphatic carbocycles. The van der Waals surface area contributed by atoms with Gasteiger partial charge in [-0.1, -0.05) is 31.9 Å². The van der Waals surface area contributed by atoms with Crippen LogP contribution in [0.1, 0.15) is 6.42 Å². The normalized spacial score (nSPS) is 23.1. The Hall–Kier alpha value is 1.07. The van der Waals surface area contributed by atoms with Crippen molar-refractivity contribution < 1.29 is 9.09 Å². The van der Waals surface area contributed by atoms with Gasteiger partial charge in [0.2, 0.25) is 0 Å². The Bertz CT molecular complexity index is 221. The van der Waals surface area contributed by atoms with Crippen molar-refractivity contribution in [2.24, 2.45) is 0 Å². The first-order valence-corrected chi connectivity index (χ1v) is 8.75. The standard InChI is InChI=1S/C8H17Br2N2O2P/c1-14-15(13)11(7-3-9)5-2-6-12(15)8-4-10/h2-8H2,1H3. The molecule has 7 heteroatoms. The molecule has 1 saturated heterocycles. The van der Waals surface area contributed by atoms with E-state index in [1.54, 1.807) is 0 Å². The highest BCUT2D eigenvalue weighted by Crippen LogP contribution is 2.55. The smallest absolute Gasteiger partial charge is 0.309 e. The lowest BCUT2D eigenvalue weighted by molar-refractivity contribution is 0.212. The number of rotatable bonds is 5. The Kier molecular flexibility index (Phi) is 6.33. The first-order valence-electron chi connectivity index (χ1n) is 4.97. The van der Waals surface area contributed by atoms with Gasteiger partial charge in [-0.25, -0.2) is 9.34 Å². The fourth-order valence-electron chi connectivity index (χ4n) is 1.77. The van der Waals surface area contributed by atoms with E-state index < -0.39 is 7.67 Å². The lowest BCUT2D eigenvalue weighted by Gasteiger charge is -2.41. The van der Waals surface area contributed by atoms with Crippen LogP contribution in [-0.2, 0) is 9.09 Å². The third-order valence-corrected chi connectivity index (χ3v) is 5.89. The second-order valence-corrected chi connectivity index (χ2v) is 7.38. The van der Waals surface area contributed by atoms with E-state index in [2.05, 4.69) is 31.9 Å². The van der Waals surface area contributed by atoms with Crippen LogP contribution < -0.4 is 0 Å². The first-order chi connectivity index (χ1) is 7.19. The number of hydrogen-bond acceptors (Lipinski definition) is 2. The molecule has 0 aromatic carbocycles. The molecule has 1 aliphatic heterocycles. The van der Waals surface area contributed by atoms with E-state index >= 15 is 0 Å². The molecule has 0 aromatic heterocycles. The van der Waals surface area contributed by atoms with E-state index in [-0.39, 0.29) is 0 Å². The van der Waals surface area contributed by atoms with Crippen LogP contribution in [0.5, 0.6) is 0 Å². The SMILES string of the molecule is COP1(=O)N(CCBr)CCCN1CCBr. The lowest BCUT2D eigenvalue weighted by Crippen LogP contribution is -2.41. The summed E-state index contributed by atoms with van der Waals surface area (Å²) in [6.45, 7) is 3.25. The molecular formula is C8H17Br2N2O2P. The van der Waals surface area contributed by atoms with Gasteiger partial charge in [0.25, 0.3) is 0 Å². The highest BCUT2D eigenvalue weighted by atomic mass is 79.9. The number of halogens is 2. The molecule has 1 aliphatic rings. The van der Waals surface area contributed by atoms with Crippen molar-refractivity contribution in [3.8, 4) is 0 Å². The van der Waals surface area contributed by atoms with Crippen molar-refractivity contribution in [1.29, 1.82) is 0 Å². The van der Waals surface area contributed by atoms with E-state index in [9.17, 15) is 4.57 Å². The summed E-state index contributed by atoms with van der Waals surface area (Å²) >= 11 is 6.76. The summed E-state index contributed by atoms with van der Waals surface area (Å²) in [5, 5.41) is 1.64. The summed E-state index contributed by atoms with van der Waals surface area (Å²) in [6, 6.07) is 0. The maximum atomic E-state index is 12.6. The molecule has 0 atom stereocenters. The molecule has 4 nitrogen and oxygen atoms in total. The lowest BCUT2D eigenvalue weighted by atomic mass is 10.4. The molecule has 0 amide bonds. The maximum Gasteiger partial charge on any atom is 0.345 e. The fraction of sp³-hybridized carbons (Fsp3) is 1.00. The Labute approximate surface area is 108 Å². The molecule has 0 bridgehead atoms. The van der Waals surface area contributed by atoms with Crippen LogP contribution in [0.15, 0.2) is 0 Å². The average molecular weight is 364 g/mol. The van der Waals surface area contributed by atoms with Crippen LogP contribution in [0, 0.1) is 0 Å². The highest BCUT2D eigenvalue weighted by Gasteiger charge is 2.39. The van der Waals surface area contributed by atoms with Gasteiger partial charge in [-0.15, -0.1) is 0 Å². The van der Waals surface area contributed by atoms with E-state index in [0.29, 0.717) is 0 Å². The molecule has 0 aromatic rings. The Morgan fingerprint density at radius 3 is 2.00 bits per heavy atom. The largest absolute Gasteiger partial charge is 0.345 e. The summed E-state index contributed by atoms with van der Waals surface area (Å²) in [5.74, 6) is 0. The minimum absolute atomic E-state index is 0.768. The summed E-state index contributed by atoms with van der Waals surface area (Å²) in [7, 11) is -1.20. The van der Waals surface area contributed by atoms with E-state index in [1.165, 1.54) is 7.11 Å². The zero-order valence-corrected chi connectivity index (χ0v) is 12.9. The quantitative estimate of drug-likeness (QED) is 0.555. The van der Waals surface area contributed by atoms with Crippen LogP contribution >= 0.6 is 39.5 Å². The predicted octanol–water partition coefficient (Wildman–Crippen LogP) is 2.54. The highest BCUT2D eigenvalue weighted by molar-refractivity contribution is 9.09. The molecule has 1 fully saturated rings. The fourth-order valence-corrected chi connectivity index (χ4v) is 5.49. The van der Waals surface area contributed by atoms with E-state index in [1.807, 2.05) is 9.34 Å². The average Bonchev–Trinajstić information content (AvgIpc) is 2.25. The van der Waals surface area contributed by atoms with Crippen molar-refractivity contribution in [1.82, 2.24) is 9.34 Å². The van der Waals surface area contributed by atoms with Crippen LogP contribution in [0.2, 0.25) is 0 Å². The monoisotopic (exact) mass is 362 g/mol. The zero-order valence-electron chi connectivity index (χ0n) is 8.86. The molecule has 0 spiro atoms. The Balaban J connectivity index is 2.76. The maximum absolute atomic E-state index is 12.6. The van der Waals surface area contributed by atoms with Gasteiger partial charge in [-0.2, -0.15) is 0 Å². The molecule has 1 rings (SSSR count). The summed E-state index contributed by atoms with van der Waals surface area (Å²) in [4.78, 5) is 0. The second-order valence-electron chi connectivity index (χ2n) is 3.31. The topological polar surface area (TPSA) is 32.8 Å². The summed E-state index contributed by atoms with van der Waals surface area (Å²) < 4.78 is 21.8. The van der Waals surface area contributed by atoms with Gasteiger partial charge in [-0.05, 0) is 6.42 Å². The summed E-state index contributed by atoms with van der Waals surface area (Å²) in [5.41, 5.74) is 0. The van der Waals surface area contributed by atoms with Crippen LogP contribution in [0.3, 0.4) is 0 Å². The van der Waals surface area contributed by atoms with E-state index in [0.717, 1.165) is 43.3 Å². The molecule has 1 heterocycles. The van der Waals surface area contributed by atoms with Gasteiger partial charge < -0.3 is 4.52 Å². The predicted molar refractivity (Wildman–Crippen MR) is 70.0 cm³/mol. The van der Waals surface area contributed by atoms with Gasteiger partial charge in [0, 0.05) is 43.9 Å². The minimum atomic E-state index is -2.74. The molecule has 0 radical (unpaired) electrons. The molecular weight excluding hydrogens is 347 g/mol. The van der Waals surface area contributed by atoms with Crippen LogP contribution in [0.25, 0.3) is 0 Å². The first kappa shape index (κ1) is 14.1. The van der Waals surface area contributed by atoms with Crippen molar-refractivity contribution in [2.45, 2.75) is 6.42 Å². The van der Waals surface area contributed by atoms with Crippen LogP contribution in [0.4, 0.5) is 0 Å². The van der Waals surface area contributed by atoms with E-state index in [4.69, 9.17) is 4.52 Å². The molecule has 0 saturated carbocycles. The van der Waals surface area contributed by atoms with Gasteiger partial charge in [0.15, 0.2) is 0 Å². The zero-order chi connectivity index (χ0) is 11.3. The Morgan fingerprint density at radius 1 is 1.20 bits per heavy atom. The van der Waals surface area contributed by atoms with Gasteiger partial charge in [0.05, 0.1) is 0 Å². The number of hydrogen-bond donors (Lipinski definition) is 0. The van der Waals surface area contributed by atoms with Gasteiger partial charge in [-0.3, -0.25) is 4.57 Å². The Morgan fingerprint density at radius 2 is 1.67 bits per heavy atom. The number of alkyl halides is 2. The van der Waals surface area contributed by atoms with Crippen molar-refractivity contribution in [3.63, 3.8) is 0 Å². The number of nitrogens with zero attached hydrogens (tertiary/aromatic N) is 2.